The molecule has 31 heavy (non-hydrogen) atoms. The first-order valence-corrected chi connectivity index (χ1v) is 11.4. The molecule has 1 fully saturated rings. The minimum atomic E-state index is -0.183. The van der Waals surface area contributed by atoms with Crippen molar-refractivity contribution in [3.63, 3.8) is 0 Å². The maximum absolute atomic E-state index is 13.6. The molecule has 1 saturated heterocycles. The van der Waals surface area contributed by atoms with Crippen molar-refractivity contribution >= 4 is 17.8 Å². The lowest BCUT2D eigenvalue weighted by Crippen LogP contribution is -2.45. The molecule has 0 radical (unpaired) electrons. The second kappa shape index (κ2) is 10.8. The smallest absolute Gasteiger partial charge is 0.265 e. The first kappa shape index (κ1) is 23.3. The lowest BCUT2D eigenvalue weighted by Gasteiger charge is -2.29. The van der Waals surface area contributed by atoms with Crippen LogP contribution in [0.25, 0.3) is 0 Å². The molecular formula is C25H35FN4O. The van der Waals surface area contributed by atoms with E-state index in [9.17, 15) is 9.18 Å². The Bertz CT molecular complexity index is 882. The number of rotatable bonds is 7. The highest BCUT2D eigenvalue weighted by atomic mass is 19.1. The molecule has 2 aliphatic heterocycles. The van der Waals surface area contributed by atoms with E-state index in [1.165, 1.54) is 6.07 Å². The highest BCUT2D eigenvalue weighted by Gasteiger charge is 2.22. The molecule has 1 atom stereocenters. The molecule has 1 N–H and O–H groups in total. The number of hydrogen-bond donors (Lipinski definition) is 1. The third kappa shape index (κ3) is 6.57. The van der Waals surface area contributed by atoms with Gasteiger partial charge in [0.15, 0.2) is 0 Å². The molecule has 1 aromatic carbocycles. The van der Waals surface area contributed by atoms with Gasteiger partial charge < -0.3 is 10.2 Å². The molecule has 1 aromatic rings. The van der Waals surface area contributed by atoms with Crippen molar-refractivity contribution in [1.29, 1.82) is 0 Å². The van der Waals surface area contributed by atoms with Crippen molar-refractivity contribution in [3.05, 3.63) is 46.5 Å². The third-order valence-corrected chi connectivity index (χ3v) is 6.41. The van der Waals surface area contributed by atoms with E-state index in [2.05, 4.69) is 22.3 Å². The summed E-state index contributed by atoms with van der Waals surface area (Å²) in [4.78, 5) is 24.2. The largest absolute Gasteiger partial charge is 0.348 e. The number of nitrogens with one attached hydrogen (secondary N) is 1. The van der Waals surface area contributed by atoms with Crippen LogP contribution < -0.4 is 5.32 Å². The number of carbonyl (C=O) groups excluding carboxylic acids is 1. The second-order valence-corrected chi connectivity index (χ2v) is 8.93. The monoisotopic (exact) mass is 426 g/mol. The Kier molecular flexibility index (Phi) is 8.13. The predicted octanol–water partition coefficient (Wildman–Crippen LogP) is 4.45. The first-order valence-electron chi connectivity index (χ1n) is 11.4. The van der Waals surface area contributed by atoms with Crippen LogP contribution in [0.3, 0.4) is 0 Å². The summed E-state index contributed by atoms with van der Waals surface area (Å²) in [6, 6.07) is 5.20. The predicted molar refractivity (Wildman–Crippen MR) is 125 cm³/mol. The minimum Gasteiger partial charge on any atom is -0.348 e. The van der Waals surface area contributed by atoms with E-state index in [1.54, 1.807) is 13.0 Å². The summed E-state index contributed by atoms with van der Waals surface area (Å²) in [5, 5.41) is 3.14. The Morgan fingerprint density at radius 2 is 2.03 bits per heavy atom. The highest BCUT2D eigenvalue weighted by Crippen LogP contribution is 2.29. The van der Waals surface area contributed by atoms with E-state index in [0.29, 0.717) is 5.71 Å². The van der Waals surface area contributed by atoms with Crippen molar-refractivity contribution in [1.82, 2.24) is 10.2 Å². The van der Waals surface area contributed by atoms with Gasteiger partial charge in [0.25, 0.3) is 5.91 Å². The zero-order valence-corrected chi connectivity index (χ0v) is 19.2. The van der Waals surface area contributed by atoms with Crippen LogP contribution in [0.4, 0.5) is 4.39 Å². The lowest BCUT2D eigenvalue weighted by molar-refractivity contribution is -0.115. The fraction of sp³-hybridized carbons (Fsp3) is 0.560. The summed E-state index contributed by atoms with van der Waals surface area (Å²) in [7, 11) is 2.11. The topological polar surface area (TPSA) is 57.1 Å². The Hall–Kier alpha value is -2.34. The summed E-state index contributed by atoms with van der Waals surface area (Å²) in [6.45, 7) is 7.78. The van der Waals surface area contributed by atoms with Crippen LogP contribution in [0.15, 0.2) is 39.6 Å². The average Bonchev–Trinajstić information content (AvgIpc) is 2.74. The van der Waals surface area contributed by atoms with Gasteiger partial charge in [0.2, 0.25) is 0 Å². The van der Waals surface area contributed by atoms with Crippen molar-refractivity contribution in [3.8, 4) is 0 Å². The van der Waals surface area contributed by atoms with Gasteiger partial charge in [0.1, 0.15) is 11.5 Å². The second-order valence-electron chi connectivity index (χ2n) is 8.93. The number of benzene rings is 1. The molecule has 1 unspecified atom stereocenters. The number of piperidine rings is 1. The van der Waals surface area contributed by atoms with Crippen LogP contribution in [0.2, 0.25) is 0 Å². The van der Waals surface area contributed by atoms with Crippen LogP contribution in [0.5, 0.6) is 0 Å². The summed E-state index contributed by atoms with van der Waals surface area (Å²) in [5.41, 5.74) is 4.47. The van der Waals surface area contributed by atoms with Crippen molar-refractivity contribution in [2.24, 2.45) is 15.9 Å². The number of halogens is 1. The quantitative estimate of drug-likeness (QED) is 0.655. The number of aryl methyl sites for hydroxylation is 2. The van der Waals surface area contributed by atoms with Crippen LogP contribution in [0.1, 0.15) is 57.1 Å². The lowest BCUT2D eigenvalue weighted by atomic mass is 9.91. The molecule has 5 nitrogen and oxygen atoms in total. The van der Waals surface area contributed by atoms with E-state index >= 15 is 0 Å². The van der Waals surface area contributed by atoms with Crippen molar-refractivity contribution < 1.29 is 9.18 Å². The summed E-state index contributed by atoms with van der Waals surface area (Å²) in [5.74, 6) is -0.0336. The van der Waals surface area contributed by atoms with E-state index in [1.807, 2.05) is 26.1 Å². The molecule has 1 amide bonds. The highest BCUT2D eigenvalue weighted by molar-refractivity contribution is 6.38. The van der Waals surface area contributed by atoms with Crippen LogP contribution >= 0.6 is 0 Å². The van der Waals surface area contributed by atoms with Crippen LogP contribution in [-0.4, -0.2) is 48.9 Å². The fourth-order valence-electron chi connectivity index (χ4n) is 4.34. The van der Waals surface area contributed by atoms with E-state index < -0.39 is 0 Å². The van der Waals surface area contributed by atoms with Crippen LogP contribution in [-0.2, 0) is 11.2 Å². The van der Waals surface area contributed by atoms with E-state index in [-0.39, 0.29) is 23.7 Å². The van der Waals surface area contributed by atoms with Gasteiger partial charge in [-0.1, -0.05) is 6.07 Å². The minimum absolute atomic E-state index is 0.0847. The molecule has 2 aliphatic rings. The zero-order valence-electron chi connectivity index (χ0n) is 19.2. The molecule has 0 saturated carbocycles. The number of amides is 1. The molecule has 6 heteroatoms. The number of likely N-dealkylation sites (tertiary alicyclic amines) is 1. The third-order valence-electron chi connectivity index (χ3n) is 6.41. The fourth-order valence-corrected chi connectivity index (χ4v) is 4.34. The molecule has 0 spiro atoms. The van der Waals surface area contributed by atoms with Gasteiger partial charge in [-0.2, -0.15) is 0 Å². The van der Waals surface area contributed by atoms with Gasteiger partial charge in [0.05, 0.1) is 11.4 Å². The number of hydrogen-bond acceptors (Lipinski definition) is 4. The standard InChI is InChI=1S/C25H35FN4O/c1-17-8-9-22(26)16-21(17)7-5-6-20-10-13-27-18(2)24(20)28-19(3)25(31)29-23-11-14-30(4)15-12-23/h8-9,13,16,20,23H,5-7,10-12,14-15H2,1-4H3,(H,29,31)/b28-19+. The molecule has 0 aromatic heterocycles. The Balaban J connectivity index is 1.61. The first-order chi connectivity index (χ1) is 14.8. The normalized spacial score (nSPS) is 20.9. The van der Waals surface area contributed by atoms with Gasteiger partial charge in [0, 0.05) is 18.2 Å². The van der Waals surface area contributed by atoms with E-state index in [4.69, 9.17) is 4.99 Å². The number of allylic oxidation sites excluding steroid dienone is 2. The molecular weight excluding hydrogens is 391 g/mol. The van der Waals surface area contributed by atoms with Gasteiger partial charge in [-0.15, -0.1) is 0 Å². The number of nitrogens with zero attached hydrogens (tertiary/aromatic N) is 3. The summed E-state index contributed by atoms with van der Waals surface area (Å²) >= 11 is 0. The van der Waals surface area contributed by atoms with Gasteiger partial charge in [-0.3, -0.25) is 14.8 Å². The molecule has 0 aliphatic carbocycles. The SMILES string of the molecule is CC1=C(/N=C(\C)C(=O)NC2CCN(C)CC2)C(CCCc2cc(F)ccc2C)CC=N1. The van der Waals surface area contributed by atoms with Gasteiger partial charge in [-0.05, 0) is 103 Å². The Morgan fingerprint density at radius 3 is 2.77 bits per heavy atom. The number of aliphatic imine (C=N–C) groups is 2. The van der Waals surface area contributed by atoms with Crippen LogP contribution in [0, 0.1) is 18.7 Å². The number of carbonyl (C=O) groups is 1. The molecule has 3 rings (SSSR count). The molecule has 2 heterocycles. The van der Waals surface area contributed by atoms with Crippen molar-refractivity contribution in [2.75, 3.05) is 20.1 Å². The van der Waals surface area contributed by atoms with E-state index in [0.717, 1.165) is 74.1 Å². The summed E-state index contributed by atoms with van der Waals surface area (Å²) in [6.07, 6.45) is 7.43. The van der Waals surface area contributed by atoms with Crippen molar-refractivity contribution in [2.45, 2.75) is 65.3 Å². The Labute approximate surface area is 185 Å². The maximum Gasteiger partial charge on any atom is 0.265 e. The maximum atomic E-state index is 13.6. The Morgan fingerprint density at radius 1 is 1.29 bits per heavy atom. The molecule has 168 valence electrons. The summed E-state index contributed by atoms with van der Waals surface area (Å²) < 4.78 is 13.6. The average molecular weight is 427 g/mol. The van der Waals surface area contributed by atoms with Gasteiger partial charge in [-0.25, -0.2) is 4.39 Å². The molecule has 0 bridgehead atoms. The van der Waals surface area contributed by atoms with Gasteiger partial charge >= 0.3 is 0 Å². The zero-order chi connectivity index (χ0) is 22.4.